The van der Waals surface area contributed by atoms with Crippen LogP contribution in [0.2, 0.25) is 0 Å². The number of nitriles is 1. The van der Waals surface area contributed by atoms with Crippen molar-refractivity contribution in [2.24, 2.45) is 0 Å². The highest BCUT2D eigenvalue weighted by atomic mass is 19.4. The van der Waals surface area contributed by atoms with Gasteiger partial charge in [0, 0.05) is 0 Å². The first-order valence-electron chi connectivity index (χ1n) is 4.16. The Morgan fingerprint density at radius 2 is 2.06 bits per heavy atom. The zero-order chi connectivity index (χ0) is 12.3. The van der Waals surface area contributed by atoms with Gasteiger partial charge in [0.1, 0.15) is 0 Å². The first kappa shape index (κ1) is 12.0. The third-order valence-electron chi connectivity index (χ3n) is 1.93. The summed E-state index contributed by atoms with van der Waals surface area (Å²) in [5, 5.41) is 16.9. The van der Waals surface area contributed by atoms with Crippen molar-refractivity contribution in [3.05, 3.63) is 34.9 Å². The molecule has 0 spiro atoms. The maximum absolute atomic E-state index is 12.5. The summed E-state index contributed by atoms with van der Waals surface area (Å²) in [7, 11) is 0. The Morgan fingerprint density at radius 3 is 2.50 bits per heavy atom. The van der Waals surface area contributed by atoms with Crippen molar-refractivity contribution in [1.82, 2.24) is 0 Å². The van der Waals surface area contributed by atoms with Crippen molar-refractivity contribution in [1.29, 1.82) is 5.26 Å². The Labute approximate surface area is 88.7 Å². The van der Waals surface area contributed by atoms with Gasteiger partial charge in [-0.25, -0.2) is 4.79 Å². The van der Waals surface area contributed by atoms with Crippen molar-refractivity contribution >= 4 is 5.97 Å². The van der Waals surface area contributed by atoms with Crippen molar-refractivity contribution in [3.8, 4) is 6.07 Å². The van der Waals surface area contributed by atoms with E-state index in [1.165, 1.54) is 0 Å². The van der Waals surface area contributed by atoms with E-state index in [0.29, 0.717) is 6.07 Å². The summed E-state index contributed by atoms with van der Waals surface area (Å²) in [4.78, 5) is 10.5. The van der Waals surface area contributed by atoms with E-state index in [1.807, 2.05) is 0 Å². The van der Waals surface area contributed by atoms with E-state index in [4.69, 9.17) is 10.4 Å². The number of carbonyl (C=O) groups is 1. The molecule has 1 rings (SSSR count). The van der Waals surface area contributed by atoms with Crippen LogP contribution in [-0.2, 0) is 12.6 Å². The molecule has 0 aliphatic heterocycles. The van der Waals surface area contributed by atoms with Gasteiger partial charge in [0.15, 0.2) is 0 Å². The van der Waals surface area contributed by atoms with E-state index < -0.39 is 29.7 Å². The van der Waals surface area contributed by atoms with Crippen LogP contribution in [0.3, 0.4) is 0 Å². The number of nitrogens with zero attached hydrogens (tertiary/aromatic N) is 1. The molecule has 0 bridgehead atoms. The molecule has 0 fully saturated rings. The molecule has 0 unspecified atom stereocenters. The van der Waals surface area contributed by atoms with Gasteiger partial charge in [0.2, 0.25) is 0 Å². The number of halogens is 3. The lowest BCUT2D eigenvalue weighted by Gasteiger charge is -2.11. The van der Waals surface area contributed by atoms with E-state index in [9.17, 15) is 18.0 Å². The fraction of sp³-hybridized carbons (Fsp3) is 0.200. The maximum atomic E-state index is 12.5. The van der Waals surface area contributed by atoms with Crippen LogP contribution < -0.4 is 0 Å². The zero-order valence-electron chi connectivity index (χ0n) is 7.88. The van der Waals surface area contributed by atoms with E-state index in [2.05, 4.69) is 0 Å². The molecule has 0 aliphatic rings. The molecule has 0 aromatic heterocycles. The van der Waals surface area contributed by atoms with Gasteiger partial charge < -0.3 is 5.11 Å². The molecule has 84 valence electrons. The maximum Gasteiger partial charge on any atom is 0.416 e. The minimum Gasteiger partial charge on any atom is -0.478 e. The number of alkyl halides is 3. The summed E-state index contributed by atoms with van der Waals surface area (Å²) in [6.45, 7) is 0. The van der Waals surface area contributed by atoms with Crippen molar-refractivity contribution in [2.45, 2.75) is 12.6 Å². The van der Waals surface area contributed by atoms with Gasteiger partial charge in [-0.3, -0.25) is 0 Å². The van der Waals surface area contributed by atoms with Gasteiger partial charge in [-0.15, -0.1) is 0 Å². The third-order valence-corrected chi connectivity index (χ3v) is 1.93. The van der Waals surface area contributed by atoms with Crippen LogP contribution in [0.1, 0.15) is 21.5 Å². The van der Waals surface area contributed by atoms with Gasteiger partial charge in [-0.1, -0.05) is 6.07 Å². The highest BCUT2D eigenvalue weighted by Gasteiger charge is 2.33. The average Bonchev–Trinajstić information content (AvgIpc) is 2.16. The number of aromatic carboxylic acids is 1. The van der Waals surface area contributed by atoms with Crippen LogP contribution in [0.4, 0.5) is 13.2 Å². The lowest BCUT2D eigenvalue weighted by atomic mass is 10.0. The van der Waals surface area contributed by atoms with E-state index in [1.54, 1.807) is 6.07 Å². The minimum absolute atomic E-state index is 0.222. The first-order chi connectivity index (χ1) is 7.36. The number of hydrogen-bond donors (Lipinski definition) is 1. The summed E-state index contributed by atoms with van der Waals surface area (Å²) >= 11 is 0. The molecular weight excluding hydrogens is 223 g/mol. The van der Waals surface area contributed by atoms with Crippen LogP contribution in [0.15, 0.2) is 18.2 Å². The number of rotatable bonds is 2. The van der Waals surface area contributed by atoms with Crippen molar-refractivity contribution in [2.75, 3.05) is 0 Å². The van der Waals surface area contributed by atoms with Gasteiger partial charge in [-0.05, 0) is 17.7 Å². The second kappa shape index (κ2) is 4.23. The Morgan fingerprint density at radius 1 is 1.44 bits per heavy atom. The van der Waals surface area contributed by atoms with Crippen molar-refractivity contribution < 1.29 is 23.1 Å². The van der Waals surface area contributed by atoms with Gasteiger partial charge in [-0.2, -0.15) is 18.4 Å². The molecule has 0 heterocycles. The highest BCUT2D eigenvalue weighted by molar-refractivity contribution is 5.88. The predicted molar refractivity (Wildman–Crippen MR) is 47.7 cm³/mol. The van der Waals surface area contributed by atoms with Gasteiger partial charge in [0.05, 0.1) is 23.6 Å². The van der Waals surface area contributed by atoms with Gasteiger partial charge >= 0.3 is 12.1 Å². The summed E-state index contributed by atoms with van der Waals surface area (Å²) in [5.74, 6) is -1.44. The molecule has 0 aliphatic carbocycles. The lowest BCUT2D eigenvalue weighted by molar-refractivity contribution is -0.138. The van der Waals surface area contributed by atoms with Crippen LogP contribution in [0.25, 0.3) is 0 Å². The predicted octanol–water partition coefficient (Wildman–Crippen LogP) is 2.47. The topological polar surface area (TPSA) is 61.1 Å². The molecule has 1 N–H and O–H groups in total. The largest absolute Gasteiger partial charge is 0.478 e. The summed E-state index contributed by atoms with van der Waals surface area (Å²) in [5.41, 5.74) is -1.75. The smallest absolute Gasteiger partial charge is 0.416 e. The molecule has 6 heteroatoms. The Balaban J connectivity index is 3.34. The molecule has 1 aromatic rings. The Hall–Kier alpha value is -2.03. The quantitative estimate of drug-likeness (QED) is 0.847. The monoisotopic (exact) mass is 229 g/mol. The van der Waals surface area contributed by atoms with Crippen LogP contribution in [0.5, 0.6) is 0 Å². The average molecular weight is 229 g/mol. The lowest BCUT2D eigenvalue weighted by Crippen LogP contribution is -2.11. The Kier molecular flexibility index (Phi) is 3.18. The normalized spacial score (nSPS) is 10.9. The van der Waals surface area contributed by atoms with E-state index in [0.717, 1.165) is 12.1 Å². The Bertz CT molecular complexity index is 460. The summed E-state index contributed by atoms with van der Waals surface area (Å²) in [6.07, 6.45) is -5.06. The fourth-order valence-corrected chi connectivity index (χ4v) is 1.21. The second-order valence-corrected chi connectivity index (χ2v) is 3.01. The van der Waals surface area contributed by atoms with Gasteiger partial charge in [0.25, 0.3) is 0 Å². The molecule has 16 heavy (non-hydrogen) atoms. The number of benzene rings is 1. The number of carboxylic acid groups (broad SMARTS) is 1. The zero-order valence-corrected chi connectivity index (χ0v) is 7.88. The standard InChI is InChI=1S/C10H6F3NO2/c11-10(12,13)8-5-7(9(15)16)2-1-6(8)3-4-14/h1-2,5H,3H2,(H,15,16). The molecule has 3 nitrogen and oxygen atoms in total. The van der Waals surface area contributed by atoms with Crippen LogP contribution in [-0.4, -0.2) is 11.1 Å². The van der Waals surface area contributed by atoms with Crippen molar-refractivity contribution in [3.63, 3.8) is 0 Å². The molecule has 0 radical (unpaired) electrons. The summed E-state index contributed by atoms with van der Waals surface area (Å²) in [6, 6.07) is 4.19. The van der Waals surface area contributed by atoms with E-state index in [-0.39, 0.29) is 5.56 Å². The number of carboxylic acids is 1. The van der Waals surface area contributed by atoms with Crippen LogP contribution in [0, 0.1) is 11.3 Å². The summed E-state index contributed by atoms with van der Waals surface area (Å²) < 4.78 is 37.5. The molecule has 0 amide bonds. The third kappa shape index (κ3) is 2.51. The SMILES string of the molecule is N#CCc1ccc(C(=O)O)cc1C(F)(F)F. The fourth-order valence-electron chi connectivity index (χ4n) is 1.21. The molecule has 1 aromatic carbocycles. The first-order valence-corrected chi connectivity index (χ1v) is 4.16. The molecule has 0 saturated carbocycles. The highest BCUT2D eigenvalue weighted by Crippen LogP contribution is 2.32. The van der Waals surface area contributed by atoms with Crippen LogP contribution >= 0.6 is 0 Å². The van der Waals surface area contributed by atoms with E-state index >= 15 is 0 Å². The number of hydrogen-bond acceptors (Lipinski definition) is 2. The molecular formula is C10H6F3NO2. The molecule has 0 saturated heterocycles. The second-order valence-electron chi connectivity index (χ2n) is 3.01. The minimum atomic E-state index is -4.66. The molecule has 0 atom stereocenters.